The van der Waals surface area contributed by atoms with E-state index >= 15 is 0 Å². The summed E-state index contributed by atoms with van der Waals surface area (Å²) in [5.41, 5.74) is 0. The maximum atomic E-state index is 12.4. The van der Waals surface area contributed by atoms with Gasteiger partial charge in [-0.15, -0.1) is 0 Å². The summed E-state index contributed by atoms with van der Waals surface area (Å²) in [5, 5.41) is 0. The molecule has 1 rings (SSSR count). The van der Waals surface area contributed by atoms with Crippen molar-refractivity contribution in [3.05, 3.63) is 24.3 Å². The lowest BCUT2D eigenvalue weighted by molar-refractivity contribution is -0.150. The molecule has 10 heteroatoms. The van der Waals surface area contributed by atoms with Crippen LogP contribution >= 0.6 is 7.82 Å². The van der Waals surface area contributed by atoms with Gasteiger partial charge in [0.15, 0.2) is 0 Å². The summed E-state index contributed by atoms with van der Waals surface area (Å²) in [6, 6.07) is 6.07. The Morgan fingerprint density at radius 1 is 0.913 bits per heavy atom. The molecule has 0 fully saturated rings. The molecule has 0 amide bonds. The highest BCUT2D eigenvalue weighted by Gasteiger charge is 2.30. The molecule has 0 unspecified atom stereocenters. The summed E-state index contributed by atoms with van der Waals surface area (Å²) in [6.45, 7) is 1.00. The van der Waals surface area contributed by atoms with Crippen molar-refractivity contribution in [2.24, 2.45) is 0 Å². The zero-order valence-electron chi connectivity index (χ0n) is 12.8. The van der Waals surface area contributed by atoms with Gasteiger partial charge in [-0.05, 0) is 24.3 Å². The summed E-state index contributed by atoms with van der Waals surface area (Å²) < 4.78 is 41.2. The van der Waals surface area contributed by atoms with E-state index in [2.05, 4.69) is 9.47 Å². The molecular formula is C13H17O9P. The molecule has 1 aromatic rings. The van der Waals surface area contributed by atoms with Gasteiger partial charge in [-0.3, -0.25) is 9.59 Å². The van der Waals surface area contributed by atoms with Crippen molar-refractivity contribution in [2.45, 2.75) is 13.8 Å². The van der Waals surface area contributed by atoms with Gasteiger partial charge in [0.25, 0.3) is 0 Å². The fourth-order valence-electron chi connectivity index (χ4n) is 1.20. The first-order chi connectivity index (χ1) is 10.8. The number of rotatable bonds is 9. The quantitative estimate of drug-likeness (QED) is 0.377. The zero-order valence-corrected chi connectivity index (χ0v) is 13.7. The molecule has 0 aromatic heterocycles. The molecular weight excluding hydrogens is 331 g/mol. The number of phosphoric ester groups is 1. The third-order valence-electron chi connectivity index (χ3n) is 2.22. The Morgan fingerprint density at radius 3 is 1.74 bits per heavy atom. The van der Waals surface area contributed by atoms with Gasteiger partial charge in [-0.1, -0.05) is 0 Å². The summed E-state index contributed by atoms with van der Waals surface area (Å²) >= 11 is 0. The van der Waals surface area contributed by atoms with Gasteiger partial charge >= 0.3 is 19.8 Å². The molecule has 0 aliphatic rings. The summed E-state index contributed by atoms with van der Waals surface area (Å²) in [7, 11) is -2.68. The highest BCUT2D eigenvalue weighted by molar-refractivity contribution is 7.48. The van der Waals surface area contributed by atoms with Crippen LogP contribution in [0.5, 0.6) is 11.5 Å². The van der Waals surface area contributed by atoms with Gasteiger partial charge in [-0.25, -0.2) is 13.6 Å². The van der Waals surface area contributed by atoms with Crippen LogP contribution < -0.4 is 9.26 Å². The predicted molar refractivity (Wildman–Crippen MR) is 76.7 cm³/mol. The lowest BCUT2D eigenvalue weighted by Crippen LogP contribution is -2.11. The van der Waals surface area contributed by atoms with Gasteiger partial charge in [-0.2, -0.15) is 0 Å². The number of methoxy groups -OCH3 is 1. The molecule has 0 heterocycles. The number of ether oxygens (including phenoxy) is 3. The molecule has 1 aromatic carbocycles. The van der Waals surface area contributed by atoms with Crippen molar-refractivity contribution in [1.82, 2.24) is 0 Å². The maximum absolute atomic E-state index is 12.4. The molecule has 0 atom stereocenters. The van der Waals surface area contributed by atoms with E-state index < -0.39 is 33.3 Å². The van der Waals surface area contributed by atoms with Crippen LogP contribution in [0.25, 0.3) is 0 Å². The Labute approximate surface area is 133 Å². The predicted octanol–water partition coefficient (Wildman–Crippen LogP) is 2.26. The van der Waals surface area contributed by atoms with E-state index in [9.17, 15) is 14.2 Å². The average molecular weight is 348 g/mol. The Hall–Kier alpha value is -2.09. The normalized spacial score (nSPS) is 10.7. The van der Waals surface area contributed by atoms with Crippen molar-refractivity contribution in [3.63, 3.8) is 0 Å². The maximum Gasteiger partial charge on any atom is 0.535 e. The average Bonchev–Trinajstić information content (AvgIpc) is 2.47. The topological polar surface area (TPSA) is 107 Å². The molecule has 0 aliphatic heterocycles. The van der Waals surface area contributed by atoms with Crippen molar-refractivity contribution in [1.29, 1.82) is 0 Å². The fourth-order valence-corrected chi connectivity index (χ4v) is 2.13. The van der Waals surface area contributed by atoms with Crippen LogP contribution in [0.3, 0.4) is 0 Å². The number of carbonyl (C=O) groups excluding carboxylic acids is 2. The highest BCUT2D eigenvalue weighted by Crippen LogP contribution is 2.49. The summed E-state index contributed by atoms with van der Waals surface area (Å²) in [6.07, 6.45) is 0. The van der Waals surface area contributed by atoms with Crippen LogP contribution in [0.2, 0.25) is 0 Å². The second-order valence-corrected chi connectivity index (χ2v) is 5.57. The molecule has 9 nitrogen and oxygen atoms in total. The van der Waals surface area contributed by atoms with Crippen LogP contribution in [-0.4, -0.2) is 32.6 Å². The van der Waals surface area contributed by atoms with Gasteiger partial charge in [0.05, 0.1) is 7.11 Å². The molecule has 0 radical (unpaired) electrons. The van der Waals surface area contributed by atoms with Gasteiger partial charge in [0, 0.05) is 13.8 Å². The largest absolute Gasteiger partial charge is 0.535 e. The second-order valence-electron chi connectivity index (χ2n) is 3.98. The lowest BCUT2D eigenvalue weighted by Gasteiger charge is -2.18. The number of carbonyl (C=O) groups is 2. The number of hydrogen-bond donors (Lipinski definition) is 0. The fraction of sp³-hybridized carbons (Fsp3) is 0.385. The van der Waals surface area contributed by atoms with Crippen LogP contribution in [-0.2, 0) is 32.7 Å². The second kappa shape index (κ2) is 9.14. The number of hydrogen-bond acceptors (Lipinski definition) is 9. The molecule has 23 heavy (non-hydrogen) atoms. The molecule has 0 saturated heterocycles. The third kappa shape index (κ3) is 7.64. The van der Waals surface area contributed by atoms with E-state index in [1.165, 1.54) is 19.2 Å². The minimum absolute atomic E-state index is 0.153. The SMILES string of the molecule is COc1ccc(OP(=O)(OCOC(C)=O)OCOC(C)=O)cc1. The van der Waals surface area contributed by atoms with Gasteiger partial charge < -0.3 is 18.7 Å². The van der Waals surface area contributed by atoms with E-state index in [-0.39, 0.29) is 5.75 Å². The van der Waals surface area contributed by atoms with E-state index in [4.69, 9.17) is 18.3 Å². The zero-order chi connectivity index (χ0) is 17.3. The van der Waals surface area contributed by atoms with Crippen LogP contribution in [0, 0.1) is 0 Å². The Kier molecular flexibility index (Phi) is 7.53. The molecule has 128 valence electrons. The van der Waals surface area contributed by atoms with Crippen LogP contribution in [0.15, 0.2) is 24.3 Å². The van der Waals surface area contributed by atoms with E-state index in [1.54, 1.807) is 12.1 Å². The first-order valence-electron chi connectivity index (χ1n) is 6.34. The Balaban J connectivity index is 2.72. The molecule has 0 N–H and O–H groups in total. The lowest BCUT2D eigenvalue weighted by atomic mass is 10.3. The van der Waals surface area contributed by atoms with Crippen LogP contribution in [0.4, 0.5) is 0 Å². The van der Waals surface area contributed by atoms with Crippen molar-refractivity contribution in [3.8, 4) is 11.5 Å². The highest BCUT2D eigenvalue weighted by atomic mass is 31.2. The summed E-state index contributed by atoms with van der Waals surface area (Å²) in [4.78, 5) is 21.4. The van der Waals surface area contributed by atoms with E-state index in [0.29, 0.717) is 5.75 Å². The first kappa shape index (κ1) is 19.0. The smallest absolute Gasteiger partial charge is 0.497 e. The van der Waals surface area contributed by atoms with E-state index in [0.717, 1.165) is 13.8 Å². The third-order valence-corrected chi connectivity index (χ3v) is 3.50. The van der Waals surface area contributed by atoms with E-state index in [1.807, 2.05) is 0 Å². The van der Waals surface area contributed by atoms with Crippen LogP contribution in [0.1, 0.15) is 13.8 Å². The molecule has 0 bridgehead atoms. The molecule has 0 saturated carbocycles. The number of phosphoric acid groups is 1. The van der Waals surface area contributed by atoms with Crippen molar-refractivity contribution < 1.29 is 41.9 Å². The molecule has 0 aliphatic carbocycles. The van der Waals surface area contributed by atoms with Crippen molar-refractivity contribution >= 4 is 19.8 Å². The monoisotopic (exact) mass is 348 g/mol. The minimum atomic E-state index is -4.17. The minimum Gasteiger partial charge on any atom is -0.497 e. The molecule has 0 spiro atoms. The number of benzene rings is 1. The Morgan fingerprint density at radius 2 is 1.35 bits per heavy atom. The Bertz CT molecular complexity index is 545. The summed E-state index contributed by atoms with van der Waals surface area (Å²) in [5.74, 6) is -0.560. The van der Waals surface area contributed by atoms with Crippen molar-refractivity contribution in [2.75, 3.05) is 20.7 Å². The van der Waals surface area contributed by atoms with Gasteiger partial charge in [0.1, 0.15) is 11.5 Å². The standard InChI is InChI=1S/C13H17O9P/c1-10(14)18-8-20-23(16,21-9-19-11(2)15)22-13-6-4-12(17-3)5-7-13/h4-7H,8-9H2,1-3H3. The van der Waals surface area contributed by atoms with Gasteiger partial charge in [0.2, 0.25) is 13.6 Å². The number of esters is 2. The first-order valence-corrected chi connectivity index (χ1v) is 7.80.